The second kappa shape index (κ2) is 7.84. The number of hydrogen-bond acceptors (Lipinski definition) is 2. The molecule has 2 rings (SSSR count). The van der Waals surface area contributed by atoms with Crippen molar-refractivity contribution in [2.45, 2.75) is 6.42 Å². The first-order chi connectivity index (χ1) is 9.84. The summed E-state index contributed by atoms with van der Waals surface area (Å²) in [7, 11) is 0. The standard InChI is InChI=1S/C16H19N3O/c17-16(19-14-8-3-1-4-9-14)18-12-7-13-20-15-10-5-2-6-11-15/h1-6,8-11H,7,12-13H2,(H3,17,18,19). The molecule has 0 aliphatic heterocycles. The van der Waals surface area contributed by atoms with Crippen molar-refractivity contribution in [1.29, 1.82) is 0 Å². The monoisotopic (exact) mass is 269 g/mol. The van der Waals surface area contributed by atoms with Crippen LogP contribution in [-0.2, 0) is 0 Å². The Bertz CT molecular complexity index is 526. The van der Waals surface area contributed by atoms with Gasteiger partial charge in [0.2, 0.25) is 0 Å². The number of nitrogens with one attached hydrogen (secondary N) is 1. The minimum Gasteiger partial charge on any atom is -0.494 e. The Balaban J connectivity index is 1.66. The third-order valence-corrected chi connectivity index (χ3v) is 2.64. The number of benzene rings is 2. The minimum absolute atomic E-state index is 0.427. The van der Waals surface area contributed by atoms with E-state index in [1.807, 2.05) is 60.7 Å². The smallest absolute Gasteiger partial charge is 0.193 e. The Morgan fingerprint density at radius 1 is 1.00 bits per heavy atom. The molecule has 0 radical (unpaired) electrons. The van der Waals surface area contributed by atoms with Gasteiger partial charge in [-0.25, -0.2) is 0 Å². The van der Waals surface area contributed by atoms with Crippen LogP contribution in [0.3, 0.4) is 0 Å². The molecule has 0 spiro atoms. The zero-order valence-corrected chi connectivity index (χ0v) is 11.3. The summed E-state index contributed by atoms with van der Waals surface area (Å²) in [5.41, 5.74) is 6.74. The maximum Gasteiger partial charge on any atom is 0.193 e. The summed E-state index contributed by atoms with van der Waals surface area (Å²) >= 11 is 0. The summed E-state index contributed by atoms with van der Waals surface area (Å²) in [6.45, 7) is 1.27. The van der Waals surface area contributed by atoms with Crippen LogP contribution in [0.4, 0.5) is 5.69 Å². The largest absolute Gasteiger partial charge is 0.494 e. The number of nitrogens with zero attached hydrogens (tertiary/aromatic N) is 1. The van der Waals surface area contributed by atoms with Crippen LogP contribution >= 0.6 is 0 Å². The number of rotatable bonds is 6. The maximum atomic E-state index is 5.80. The van der Waals surface area contributed by atoms with Crippen LogP contribution in [0.2, 0.25) is 0 Å². The Hall–Kier alpha value is -2.49. The number of ether oxygens (including phenoxy) is 1. The zero-order valence-electron chi connectivity index (χ0n) is 11.3. The van der Waals surface area contributed by atoms with E-state index in [4.69, 9.17) is 10.5 Å². The lowest BCUT2D eigenvalue weighted by Crippen LogP contribution is -2.23. The molecule has 20 heavy (non-hydrogen) atoms. The minimum atomic E-state index is 0.427. The highest BCUT2D eigenvalue weighted by molar-refractivity contribution is 5.92. The van der Waals surface area contributed by atoms with E-state index in [-0.39, 0.29) is 0 Å². The van der Waals surface area contributed by atoms with E-state index < -0.39 is 0 Å². The first kappa shape index (κ1) is 13.9. The fourth-order valence-corrected chi connectivity index (χ4v) is 1.68. The summed E-state index contributed by atoms with van der Waals surface area (Å²) in [5.74, 6) is 1.31. The molecule has 2 aromatic rings. The first-order valence-corrected chi connectivity index (χ1v) is 6.64. The molecular weight excluding hydrogens is 250 g/mol. The van der Waals surface area contributed by atoms with Crippen LogP contribution in [0.25, 0.3) is 0 Å². The van der Waals surface area contributed by atoms with E-state index in [1.54, 1.807) is 0 Å². The highest BCUT2D eigenvalue weighted by atomic mass is 16.5. The molecule has 4 heteroatoms. The van der Waals surface area contributed by atoms with Gasteiger partial charge in [0, 0.05) is 18.7 Å². The van der Waals surface area contributed by atoms with E-state index in [0.29, 0.717) is 19.1 Å². The number of aliphatic imine (C=N–C) groups is 1. The van der Waals surface area contributed by atoms with Gasteiger partial charge in [-0.05, 0) is 24.3 Å². The van der Waals surface area contributed by atoms with Gasteiger partial charge in [-0.2, -0.15) is 0 Å². The van der Waals surface area contributed by atoms with E-state index in [1.165, 1.54) is 0 Å². The van der Waals surface area contributed by atoms with Gasteiger partial charge in [-0.15, -0.1) is 0 Å². The number of guanidine groups is 1. The van der Waals surface area contributed by atoms with Gasteiger partial charge in [0.15, 0.2) is 5.96 Å². The summed E-state index contributed by atoms with van der Waals surface area (Å²) in [6.07, 6.45) is 0.825. The Kier molecular flexibility index (Phi) is 5.46. The van der Waals surface area contributed by atoms with Crippen molar-refractivity contribution < 1.29 is 4.74 Å². The zero-order chi connectivity index (χ0) is 14.0. The molecule has 3 N–H and O–H groups in total. The highest BCUT2D eigenvalue weighted by Crippen LogP contribution is 2.08. The fourth-order valence-electron chi connectivity index (χ4n) is 1.68. The van der Waals surface area contributed by atoms with Crippen LogP contribution in [0.15, 0.2) is 65.7 Å². The van der Waals surface area contributed by atoms with Crippen LogP contribution in [0.5, 0.6) is 5.75 Å². The van der Waals surface area contributed by atoms with E-state index >= 15 is 0 Å². The third kappa shape index (κ3) is 5.02. The van der Waals surface area contributed by atoms with Gasteiger partial charge in [0.1, 0.15) is 5.75 Å². The van der Waals surface area contributed by atoms with Crippen LogP contribution in [0, 0.1) is 0 Å². The number of hydrogen-bond donors (Lipinski definition) is 2. The molecule has 0 amide bonds. The van der Waals surface area contributed by atoms with E-state index in [9.17, 15) is 0 Å². The fraction of sp³-hybridized carbons (Fsp3) is 0.188. The molecule has 104 valence electrons. The van der Waals surface area contributed by atoms with Crippen LogP contribution in [-0.4, -0.2) is 19.1 Å². The first-order valence-electron chi connectivity index (χ1n) is 6.64. The molecule has 0 heterocycles. The predicted molar refractivity (Wildman–Crippen MR) is 83.1 cm³/mol. The SMILES string of the molecule is NC(=NCCCOc1ccccc1)Nc1ccccc1. The van der Waals surface area contributed by atoms with Crippen molar-refractivity contribution in [3.8, 4) is 5.75 Å². The Labute approximate surface area is 119 Å². The van der Waals surface area contributed by atoms with Gasteiger partial charge < -0.3 is 15.8 Å². The van der Waals surface area contributed by atoms with Crippen molar-refractivity contribution in [3.05, 3.63) is 60.7 Å². The van der Waals surface area contributed by atoms with Crippen LogP contribution < -0.4 is 15.8 Å². The summed E-state index contributed by atoms with van der Waals surface area (Å²) in [4.78, 5) is 4.25. The van der Waals surface area contributed by atoms with Crippen molar-refractivity contribution >= 4 is 11.6 Å². The van der Waals surface area contributed by atoms with Gasteiger partial charge >= 0.3 is 0 Å². The molecule has 0 atom stereocenters. The molecule has 0 aromatic heterocycles. The highest BCUT2D eigenvalue weighted by Gasteiger charge is 1.94. The topological polar surface area (TPSA) is 59.6 Å². The average molecular weight is 269 g/mol. The lowest BCUT2D eigenvalue weighted by Gasteiger charge is -2.06. The molecule has 0 saturated carbocycles. The van der Waals surface area contributed by atoms with Crippen molar-refractivity contribution in [2.24, 2.45) is 10.7 Å². The van der Waals surface area contributed by atoms with E-state index in [0.717, 1.165) is 17.9 Å². The predicted octanol–water partition coefficient (Wildman–Crippen LogP) is 2.88. The molecule has 0 saturated heterocycles. The maximum absolute atomic E-state index is 5.80. The Morgan fingerprint density at radius 3 is 2.35 bits per heavy atom. The second-order valence-corrected chi connectivity index (χ2v) is 4.27. The molecule has 0 bridgehead atoms. The van der Waals surface area contributed by atoms with Crippen molar-refractivity contribution in [1.82, 2.24) is 0 Å². The molecule has 0 aliphatic carbocycles. The van der Waals surface area contributed by atoms with Crippen LogP contribution in [0.1, 0.15) is 6.42 Å². The third-order valence-electron chi connectivity index (χ3n) is 2.64. The van der Waals surface area contributed by atoms with E-state index in [2.05, 4.69) is 10.3 Å². The molecular formula is C16H19N3O. The lowest BCUT2D eigenvalue weighted by atomic mass is 10.3. The van der Waals surface area contributed by atoms with Gasteiger partial charge in [0.25, 0.3) is 0 Å². The molecule has 2 aromatic carbocycles. The molecule has 0 aliphatic rings. The molecule has 0 fully saturated rings. The van der Waals surface area contributed by atoms with Gasteiger partial charge in [-0.3, -0.25) is 4.99 Å². The van der Waals surface area contributed by atoms with Gasteiger partial charge in [0.05, 0.1) is 6.61 Å². The van der Waals surface area contributed by atoms with Crippen molar-refractivity contribution in [3.63, 3.8) is 0 Å². The molecule has 4 nitrogen and oxygen atoms in total. The quantitative estimate of drug-likeness (QED) is 0.481. The number of nitrogens with two attached hydrogens (primary N) is 1. The average Bonchev–Trinajstić information content (AvgIpc) is 2.49. The Morgan fingerprint density at radius 2 is 1.65 bits per heavy atom. The number of para-hydroxylation sites is 2. The summed E-state index contributed by atoms with van der Waals surface area (Å²) < 4.78 is 5.58. The summed E-state index contributed by atoms with van der Waals surface area (Å²) in [5, 5.41) is 3.04. The number of anilines is 1. The van der Waals surface area contributed by atoms with Gasteiger partial charge in [-0.1, -0.05) is 36.4 Å². The second-order valence-electron chi connectivity index (χ2n) is 4.27. The van der Waals surface area contributed by atoms with Crippen molar-refractivity contribution in [2.75, 3.05) is 18.5 Å². The summed E-state index contributed by atoms with van der Waals surface area (Å²) in [6, 6.07) is 19.5. The lowest BCUT2D eigenvalue weighted by molar-refractivity contribution is 0.313. The molecule has 0 unspecified atom stereocenters. The normalized spacial score (nSPS) is 11.1.